The van der Waals surface area contributed by atoms with Crippen LogP contribution in [0.1, 0.15) is 56.2 Å². The molecule has 1 rings (SSSR count). The van der Waals surface area contributed by atoms with Gasteiger partial charge >= 0.3 is 0 Å². The molecular weight excluding hydrogens is 287 g/mol. The van der Waals surface area contributed by atoms with E-state index in [-0.39, 0.29) is 0 Å². The second-order valence-corrected chi connectivity index (χ2v) is 5.75. The van der Waals surface area contributed by atoms with Gasteiger partial charge in [0.2, 0.25) is 0 Å². The number of hydrogen-bond donors (Lipinski definition) is 1. The largest absolute Gasteiger partial charge is 0.507 e. The van der Waals surface area contributed by atoms with E-state index in [0.29, 0.717) is 23.5 Å². The Morgan fingerprint density at radius 3 is 2.19 bits per heavy atom. The van der Waals surface area contributed by atoms with Gasteiger partial charge in [-0.05, 0) is 29.0 Å². The van der Waals surface area contributed by atoms with Gasteiger partial charge in [-0.25, -0.2) is 0 Å². The second-order valence-electron chi connectivity index (χ2n) is 4.63. The Kier molecular flexibility index (Phi) is 4.69. The maximum atomic E-state index is 10.2. The summed E-state index contributed by atoms with van der Waals surface area (Å²) in [6.45, 7) is 8.33. The van der Waals surface area contributed by atoms with Gasteiger partial charge in [-0.2, -0.15) is 0 Å². The van der Waals surface area contributed by atoms with Crippen molar-refractivity contribution in [1.82, 2.24) is 0 Å². The van der Waals surface area contributed by atoms with E-state index in [4.69, 9.17) is 11.6 Å². The van der Waals surface area contributed by atoms with Crippen LogP contribution < -0.4 is 0 Å². The average Bonchev–Trinajstić information content (AvgIpc) is 2.19. The van der Waals surface area contributed by atoms with Gasteiger partial charge in [0.1, 0.15) is 5.75 Å². The van der Waals surface area contributed by atoms with E-state index in [0.717, 1.165) is 21.2 Å². The molecule has 0 radical (unpaired) electrons. The van der Waals surface area contributed by atoms with E-state index in [1.54, 1.807) is 0 Å². The van der Waals surface area contributed by atoms with Crippen LogP contribution in [0.5, 0.6) is 5.75 Å². The van der Waals surface area contributed by atoms with Gasteiger partial charge in [-0.1, -0.05) is 43.6 Å². The highest BCUT2D eigenvalue weighted by Crippen LogP contribution is 2.40. The summed E-state index contributed by atoms with van der Waals surface area (Å²) in [4.78, 5) is 0. The maximum absolute atomic E-state index is 10.2. The van der Waals surface area contributed by atoms with Crippen molar-refractivity contribution >= 4 is 27.5 Å². The van der Waals surface area contributed by atoms with Crippen LogP contribution in [0.15, 0.2) is 10.5 Å². The zero-order chi connectivity index (χ0) is 12.5. The number of aromatic hydroxyl groups is 1. The lowest BCUT2D eigenvalue weighted by Gasteiger charge is -2.19. The summed E-state index contributed by atoms with van der Waals surface area (Å²) in [5.41, 5.74) is 2.92. The van der Waals surface area contributed by atoms with Crippen molar-refractivity contribution in [2.75, 3.05) is 0 Å². The standard InChI is InChI=1S/C13H18BrClO/c1-7(2)9-5-11(14)12(8(3)4)10(6-15)13(9)16/h5,7-8,16H,6H2,1-4H3. The Morgan fingerprint density at radius 2 is 1.81 bits per heavy atom. The molecule has 1 N–H and O–H groups in total. The molecule has 0 aliphatic heterocycles. The van der Waals surface area contributed by atoms with Crippen LogP contribution in [0.25, 0.3) is 0 Å². The molecule has 0 saturated carbocycles. The van der Waals surface area contributed by atoms with E-state index in [1.807, 2.05) is 6.07 Å². The molecule has 0 aliphatic rings. The Balaban J connectivity index is 3.50. The number of hydrogen-bond acceptors (Lipinski definition) is 1. The number of phenolic OH excluding ortho intramolecular Hbond substituents is 1. The number of halogens is 2. The van der Waals surface area contributed by atoms with E-state index >= 15 is 0 Å². The van der Waals surface area contributed by atoms with Crippen molar-refractivity contribution < 1.29 is 5.11 Å². The fourth-order valence-electron chi connectivity index (χ4n) is 1.93. The van der Waals surface area contributed by atoms with Crippen molar-refractivity contribution in [1.29, 1.82) is 0 Å². The normalized spacial score (nSPS) is 11.5. The van der Waals surface area contributed by atoms with Crippen LogP contribution in [-0.2, 0) is 5.88 Å². The zero-order valence-electron chi connectivity index (χ0n) is 10.1. The molecule has 16 heavy (non-hydrogen) atoms. The summed E-state index contributed by atoms with van der Waals surface area (Å²) in [6, 6.07) is 2.01. The summed E-state index contributed by atoms with van der Waals surface area (Å²) < 4.78 is 1.04. The van der Waals surface area contributed by atoms with Crippen LogP contribution in [-0.4, -0.2) is 5.11 Å². The first-order valence-electron chi connectivity index (χ1n) is 5.50. The molecule has 1 aromatic carbocycles. The molecule has 0 unspecified atom stereocenters. The highest BCUT2D eigenvalue weighted by molar-refractivity contribution is 9.10. The van der Waals surface area contributed by atoms with Gasteiger partial charge in [-0.3, -0.25) is 0 Å². The third-order valence-corrected chi connectivity index (χ3v) is 3.68. The van der Waals surface area contributed by atoms with Crippen LogP contribution in [0.2, 0.25) is 0 Å². The molecule has 90 valence electrons. The third kappa shape index (κ3) is 2.54. The zero-order valence-corrected chi connectivity index (χ0v) is 12.5. The van der Waals surface area contributed by atoms with E-state index in [1.165, 1.54) is 0 Å². The number of benzene rings is 1. The lowest BCUT2D eigenvalue weighted by molar-refractivity contribution is 0.458. The van der Waals surface area contributed by atoms with Gasteiger partial charge in [-0.15, -0.1) is 11.6 Å². The lowest BCUT2D eigenvalue weighted by atomic mass is 9.91. The van der Waals surface area contributed by atoms with Crippen molar-refractivity contribution in [3.8, 4) is 5.75 Å². The minimum absolute atomic E-state index is 0.291. The quantitative estimate of drug-likeness (QED) is 0.767. The molecule has 1 nitrogen and oxygen atoms in total. The van der Waals surface area contributed by atoms with Crippen LogP contribution in [0.4, 0.5) is 0 Å². The third-order valence-electron chi connectivity index (χ3n) is 2.76. The van der Waals surface area contributed by atoms with Crippen molar-refractivity contribution in [3.05, 3.63) is 27.2 Å². The first-order chi connectivity index (χ1) is 7.40. The van der Waals surface area contributed by atoms with Crippen molar-refractivity contribution in [2.45, 2.75) is 45.4 Å². The number of rotatable bonds is 3. The van der Waals surface area contributed by atoms with Gasteiger partial charge < -0.3 is 5.11 Å². The predicted molar refractivity (Wildman–Crippen MR) is 73.5 cm³/mol. The Morgan fingerprint density at radius 1 is 1.25 bits per heavy atom. The summed E-state index contributed by atoms with van der Waals surface area (Å²) in [7, 11) is 0. The van der Waals surface area contributed by atoms with E-state index in [9.17, 15) is 5.11 Å². The fourth-order valence-corrected chi connectivity index (χ4v) is 3.14. The van der Waals surface area contributed by atoms with Crippen molar-refractivity contribution in [3.63, 3.8) is 0 Å². The molecule has 0 aliphatic carbocycles. The Labute approximate surface area is 111 Å². The average molecular weight is 306 g/mol. The summed E-state index contributed by atoms with van der Waals surface area (Å²) in [5, 5.41) is 10.2. The molecule has 0 amide bonds. The molecule has 0 heterocycles. The number of alkyl halides is 1. The molecule has 0 fully saturated rings. The monoisotopic (exact) mass is 304 g/mol. The number of phenols is 1. The summed E-state index contributed by atoms with van der Waals surface area (Å²) >= 11 is 9.52. The van der Waals surface area contributed by atoms with Crippen LogP contribution >= 0.6 is 27.5 Å². The minimum Gasteiger partial charge on any atom is -0.507 e. The van der Waals surface area contributed by atoms with Gasteiger partial charge in [0.05, 0.1) is 5.88 Å². The smallest absolute Gasteiger partial charge is 0.123 e. The molecule has 0 aromatic heterocycles. The second kappa shape index (κ2) is 5.42. The Hall–Kier alpha value is -0.210. The predicted octanol–water partition coefficient (Wildman–Crippen LogP) is 5.14. The molecule has 0 spiro atoms. The molecule has 3 heteroatoms. The van der Waals surface area contributed by atoms with E-state index in [2.05, 4.69) is 43.6 Å². The highest BCUT2D eigenvalue weighted by atomic mass is 79.9. The van der Waals surface area contributed by atoms with Gasteiger partial charge in [0.25, 0.3) is 0 Å². The maximum Gasteiger partial charge on any atom is 0.123 e. The summed E-state index contributed by atoms with van der Waals surface area (Å²) in [6.07, 6.45) is 0. The van der Waals surface area contributed by atoms with Crippen molar-refractivity contribution in [2.24, 2.45) is 0 Å². The first-order valence-corrected chi connectivity index (χ1v) is 6.83. The molecule has 0 atom stereocenters. The lowest BCUT2D eigenvalue weighted by Crippen LogP contribution is -2.01. The SMILES string of the molecule is CC(C)c1cc(Br)c(C(C)C)c(CCl)c1O. The van der Waals surface area contributed by atoms with E-state index < -0.39 is 0 Å². The topological polar surface area (TPSA) is 20.2 Å². The highest BCUT2D eigenvalue weighted by Gasteiger charge is 2.19. The summed E-state index contributed by atoms with van der Waals surface area (Å²) in [5.74, 6) is 1.34. The Bertz CT molecular complexity index is 386. The van der Waals surface area contributed by atoms with Gasteiger partial charge in [0.15, 0.2) is 0 Å². The molecule has 1 aromatic rings. The van der Waals surface area contributed by atoms with Crippen LogP contribution in [0.3, 0.4) is 0 Å². The molecule has 0 bridgehead atoms. The molecular formula is C13H18BrClO. The minimum atomic E-state index is 0.291. The molecule has 0 saturated heterocycles. The van der Waals surface area contributed by atoms with Crippen LogP contribution in [0, 0.1) is 0 Å². The first kappa shape index (κ1) is 13.9. The van der Waals surface area contributed by atoms with Gasteiger partial charge in [0, 0.05) is 10.0 Å². The fraction of sp³-hybridized carbons (Fsp3) is 0.538.